The van der Waals surface area contributed by atoms with Crippen LogP contribution in [-0.2, 0) is 0 Å². The molecule has 0 spiro atoms. The predicted octanol–water partition coefficient (Wildman–Crippen LogP) is 5.51. The van der Waals surface area contributed by atoms with Gasteiger partial charge in [0.05, 0.1) is 0 Å². The number of thiophene rings is 1. The van der Waals surface area contributed by atoms with Crippen LogP contribution in [0.3, 0.4) is 0 Å². The molecule has 0 bridgehead atoms. The lowest BCUT2D eigenvalue weighted by Crippen LogP contribution is -1.82. The second-order valence-corrected chi connectivity index (χ2v) is 6.73. The minimum absolute atomic E-state index is 0.724. The number of rotatable bonds is 2. The Balaban J connectivity index is 1.74. The molecule has 3 nitrogen and oxygen atoms in total. The van der Waals surface area contributed by atoms with Gasteiger partial charge in [0.25, 0.3) is 0 Å². The van der Waals surface area contributed by atoms with Gasteiger partial charge in [0, 0.05) is 31.3 Å². The van der Waals surface area contributed by atoms with E-state index in [1.54, 1.807) is 0 Å². The van der Waals surface area contributed by atoms with Crippen LogP contribution in [0.4, 0.5) is 0 Å². The van der Waals surface area contributed by atoms with Crippen LogP contribution < -0.4 is 0 Å². The summed E-state index contributed by atoms with van der Waals surface area (Å²) in [5, 5.41) is 10.0. The second-order valence-electron chi connectivity index (χ2n) is 5.65. The Bertz CT molecular complexity index is 1160. The van der Waals surface area contributed by atoms with E-state index in [1.807, 2.05) is 41.7 Å². The summed E-state index contributed by atoms with van der Waals surface area (Å²) in [5.41, 5.74) is 2.11. The number of hydrogen-bond acceptors (Lipinski definition) is 3. The number of benzene rings is 3. The third-order valence-electron chi connectivity index (χ3n) is 4.18. The van der Waals surface area contributed by atoms with E-state index in [2.05, 4.69) is 52.7 Å². The van der Waals surface area contributed by atoms with E-state index in [4.69, 9.17) is 4.98 Å². The fourth-order valence-corrected chi connectivity index (χ4v) is 4.20. The molecular formula is C20H13N3S. The number of nitrogens with one attached hydrogen (secondary N) is 1. The van der Waals surface area contributed by atoms with Crippen LogP contribution >= 0.6 is 11.3 Å². The van der Waals surface area contributed by atoms with Crippen LogP contribution in [0, 0.1) is 0 Å². The third kappa shape index (κ3) is 2.04. The van der Waals surface area contributed by atoms with Crippen molar-refractivity contribution in [2.45, 2.75) is 0 Å². The zero-order chi connectivity index (χ0) is 15.9. The van der Waals surface area contributed by atoms with Crippen molar-refractivity contribution in [1.82, 2.24) is 15.2 Å². The standard InChI is InChI=1S/C20H13N3S/c1-2-7-13(8-3-1)19-21-20(23-22-19)15-10-6-12-17-18(15)14-9-4-5-11-16(14)24-17/h1-12H,(H,21,22,23). The molecule has 3 aromatic carbocycles. The Morgan fingerprint density at radius 2 is 1.54 bits per heavy atom. The molecule has 1 N–H and O–H groups in total. The maximum Gasteiger partial charge on any atom is 0.181 e. The summed E-state index contributed by atoms with van der Waals surface area (Å²) < 4.78 is 2.56. The molecule has 4 heteroatoms. The summed E-state index contributed by atoms with van der Waals surface area (Å²) >= 11 is 1.81. The highest BCUT2D eigenvalue weighted by molar-refractivity contribution is 7.25. The normalized spacial score (nSPS) is 11.3. The molecule has 0 aliphatic rings. The number of aromatic nitrogens is 3. The van der Waals surface area contributed by atoms with E-state index in [0.29, 0.717) is 0 Å². The van der Waals surface area contributed by atoms with Crippen LogP contribution in [0.5, 0.6) is 0 Å². The van der Waals surface area contributed by atoms with Crippen molar-refractivity contribution in [2.75, 3.05) is 0 Å². The topological polar surface area (TPSA) is 41.6 Å². The van der Waals surface area contributed by atoms with E-state index >= 15 is 0 Å². The van der Waals surface area contributed by atoms with Gasteiger partial charge >= 0.3 is 0 Å². The Hall–Kier alpha value is -2.98. The van der Waals surface area contributed by atoms with Crippen molar-refractivity contribution in [3.8, 4) is 22.8 Å². The van der Waals surface area contributed by atoms with Crippen LogP contribution in [0.2, 0.25) is 0 Å². The first kappa shape index (κ1) is 13.5. The quantitative estimate of drug-likeness (QED) is 0.465. The zero-order valence-electron chi connectivity index (χ0n) is 12.7. The summed E-state index contributed by atoms with van der Waals surface area (Å²) in [6.07, 6.45) is 0. The van der Waals surface area contributed by atoms with E-state index < -0.39 is 0 Å². The van der Waals surface area contributed by atoms with Crippen molar-refractivity contribution in [2.24, 2.45) is 0 Å². The third-order valence-corrected chi connectivity index (χ3v) is 5.31. The summed E-state index contributed by atoms with van der Waals surface area (Å²) in [4.78, 5) is 4.73. The SMILES string of the molecule is c1ccc(-c2n[nH]c(-c3cccc4sc5ccccc5c34)n2)cc1. The fraction of sp³-hybridized carbons (Fsp3) is 0. The highest BCUT2D eigenvalue weighted by Gasteiger charge is 2.14. The number of fused-ring (bicyclic) bond motifs is 3. The number of nitrogens with zero attached hydrogens (tertiary/aromatic N) is 2. The van der Waals surface area contributed by atoms with E-state index in [-0.39, 0.29) is 0 Å². The minimum atomic E-state index is 0.724. The fourth-order valence-electron chi connectivity index (χ4n) is 3.07. The van der Waals surface area contributed by atoms with E-state index in [0.717, 1.165) is 22.8 Å². The summed E-state index contributed by atoms with van der Waals surface area (Å²) in [6.45, 7) is 0. The van der Waals surface area contributed by atoms with Crippen LogP contribution in [0.1, 0.15) is 0 Å². The lowest BCUT2D eigenvalue weighted by molar-refractivity contribution is 1.10. The number of H-pyrrole nitrogens is 1. The molecule has 0 fully saturated rings. The van der Waals surface area contributed by atoms with Gasteiger partial charge in [-0.05, 0) is 12.1 Å². The average Bonchev–Trinajstić information content (AvgIpc) is 3.27. The largest absolute Gasteiger partial charge is 0.259 e. The summed E-state index contributed by atoms with van der Waals surface area (Å²) in [6, 6.07) is 24.9. The minimum Gasteiger partial charge on any atom is -0.259 e. The molecular weight excluding hydrogens is 314 g/mol. The molecule has 0 atom stereocenters. The van der Waals surface area contributed by atoms with Crippen LogP contribution in [0.25, 0.3) is 42.9 Å². The monoisotopic (exact) mass is 327 g/mol. The first-order chi connectivity index (χ1) is 11.9. The average molecular weight is 327 g/mol. The molecule has 0 aliphatic heterocycles. The molecule has 0 saturated carbocycles. The summed E-state index contributed by atoms with van der Waals surface area (Å²) in [7, 11) is 0. The molecule has 2 aromatic heterocycles. The highest BCUT2D eigenvalue weighted by Crippen LogP contribution is 2.39. The van der Waals surface area contributed by atoms with Crippen molar-refractivity contribution in [1.29, 1.82) is 0 Å². The molecule has 24 heavy (non-hydrogen) atoms. The molecule has 5 rings (SSSR count). The Morgan fingerprint density at radius 3 is 2.46 bits per heavy atom. The van der Waals surface area contributed by atoms with E-state index in [1.165, 1.54) is 20.2 Å². The Morgan fingerprint density at radius 1 is 0.750 bits per heavy atom. The van der Waals surface area contributed by atoms with Crippen molar-refractivity contribution in [3.05, 3.63) is 72.8 Å². The van der Waals surface area contributed by atoms with Crippen molar-refractivity contribution < 1.29 is 0 Å². The predicted molar refractivity (Wildman–Crippen MR) is 100 cm³/mol. The Labute approximate surface area is 142 Å². The lowest BCUT2D eigenvalue weighted by atomic mass is 10.1. The van der Waals surface area contributed by atoms with Gasteiger partial charge in [0.15, 0.2) is 11.6 Å². The van der Waals surface area contributed by atoms with Crippen LogP contribution in [0.15, 0.2) is 72.8 Å². The highest BCUT2D eigenvalue weighted by atomic mass is 32.1. The van der Waals surface area contributed by atoms with Gasteiger partial charge in [0.1, 0.15) is 0 Å². The molecule has 2 heterocycles. The molecule has 0 saturated heterocycles. The molecule has 0 radical (unpaired) electrons. The van der Waals surface area contributed by atoms with Gasteiger partial charge in [0.2, 0.25) is 0 Å². The first-order valence-corrected chi connectivity index (χ1v) is 8.60. The molecule has 5 aromatic rings. The molecule has 0 aliphatic carbocycles. The van der Waals surface area contributed by atoms with E-state index in [9.17, 15) is 0 Å². The maximum atomic E-state index is 4.73. The van der Waals surface area contributed by atoms with Crippen LogP contribution in [-0.4, -0.2) is 15.2 Å². The van der Waals surface area contributed by atoms with Gasteiger partial charge in [-0.1, -0.05) is 60.7 Å². The smallest absolute Gasteiger partial charge is 0.181 e. The Kier molecular flexibility index (Phi) is 2.96. The van der Waals surface area contributed by atoms with Gasteiger partial charge in [-0.3, -0.25) is 5.10 Å². The van der Waals surface area contributed by atoms with Gasteiger partial charge in [-0.2, -0.15) is 5.10 Å². The molecule has 114 valence electrons. The van der Waals surface area contributed by atoms with Crippen molar-refractivity contribution in [3.63, 3.8) is 0 Å². The maximum absolute atomic E-state index is 4.73. The lowest BCUT2D eigenvalue weighted by Gasteiger charge is -2.00. The zero-order valence-corrected chi connectivity index (χ0v) is 13.5. The van der Waals surface area contributed by atoms with Gasteiger partial charge in [-0.25, -0.2) is 4.98 Å². The van der Waals surface area contributed by atoms with Gasteiger partial charge in [-0.15, -0.1) is 11.3 Å². The summed E-state index contributed by atoms with van der Waals surface area (Å²) in [5.74, 6) is 1.53. The number of hydrogen-bond donors (Lipinski definition) is 1. The first-order valence-electron chi connectivity index (χ1n) is 7.78. The second kappa shape index (κ2) is 5.28. The number of aromatic amines is 1. The molecule has 0 amide bonds. The molecule has 0 unspecified atom stereocenters. The van der Waals surface area contributed by atoms with Gasteiger partial charge < -0.3 is 0 Å². The van der Waals surface area contributed by atoms with Crippen molar-refractivity contribution >= 4 is 31.5 Å².